The molecule has 3 aromatic rings. The van der Waals surface area contributed by atoms with Crippen LogP contribution in [0.1, 0.15) is 0 Å². The summed E-state index contributed by atoms with van der Waals surface area (Å²) < 4.78 is 18.9. The van der Waals surface area contributed by atoms with Crippen LogP contribution in [-0.2, 0) is 0 Å². The Bertz CT molecular complexity index is 718. The minimum Gasteiger partial charge on any atom is -0.451 e. The van der Waals surface area contributed by atoms with Crippen LogP contribution in [0.4, 0.5) is 16.2 Å². The maximum Gasteiger partial charge on any atom is 0.222 e. The molecule has 0 amide bonds. The topological polar surface area (TPSA) is 91.0 Å². The van der Waals surface area contributed by atoms with Crippen molar-refractivity contribution in [3.8, 4) is 11.5 Å². The number of nitrogens with zero attached hydrogens (tertiary/aromatic N) is 2. The lowest BCUT2D eigenvalue weighted by molar-refractivity contribution is 0.567. The van der Waals surface area contributed by atoms with Gasteiger partial charge in [0.25, 0.3) is 0 Å². The lowest BCUT2D eigenvalue weighted by Gasteiger charge is -1.99. The molecule has 5 nitrogen and oxygen atoms in total. The van der Waals surface area contributed by atoms with Gasteiger partial charge in [0.1, 0.15) is 11.5 Å². The van der Waals surface area contributed by atoms with Crippen molar-refractivity contribution in [2.75, 3.05) is 11.5 Å². The molecule has 4 N–H and O–H groups in total. The molecule has 0 saturated carbocycles. The van der Waals surface area contributed by atoms with Gasteiger partial charge in [0.2, 0.25) is 5.95 Å². The molecule has 2 heterocycles. The van der Waals surface area contributed by atoms with Gasteiger partial charge in [0.15, 0.2) is 17.2 Å². The number of benzene rings is 1. The van der Waals surface area contributed by atoms with E-state index in [2.05, 4.69) is 9.97 Å². The van der Waals surface area contributed by atoms with Crippen LogP contribution in [-0.4, -0.2) is 9.97 Å². The van der Waals surface area contributed by atoms with Crippen LogP contribution in [0.15, 0.2) is 34.7 Å². The number of hydrogen-bond acceptors (Lipinski definition) is 5. The van der Waals surface area contributed by atoms with Crippen LogP contribution in [0.2, 0.25) is 0 Å². The zero-order valence-corrected chi connectivity index (χ0v) is 9.22. The van der Waals surface area contributed by atoms with Gasteiger partial charge in [-0.2, -0.15) is 4.98 Å². The Balaban J connectivity index is 2.22. The number of fused-ring (bicyclic) bond motifs is 1. The third-order valence-electron chi connectivity index (χ3n) is 2.51. The third kappa shape index (κ3) is 1.64. The number of anilines is 2. The molecule has 3 rings (SSSR count). The van der Waals surface area contributed by atoms with Crippen molar-refractivity contribution in [3.63, 3.8) is 0 Å². The average Bonchev–Trinajstić information content (AvgIpc) is 2.73. The summed E-state index contributed by atoms with van der Waals surface area (Å²) in [5.41, 5.74) is 11.7. The predicted octanol–water partition coefficient (Wildman–Crippen LogP) is 2.19. The number of rotatable bonds is 1. The number of hydrogen-bond donors (Lipinski definition) is 2. The van der Waals surface area contributed by atoms with E-state index < -0.39 is 5.82 Å². The summed E-state index contributed by atoms with van der Waals surface area (Å²) in [4.78, 5) is 7.76. The Hall–Kier alpha value is -2.63. The highest BCUT2D eigenvalue weighted by molar-refractivity contribution is 5.82. The highest BCUT2D eigenvalue weighted by Crippen LogP contribution is 2.28. The summed E-state index contributed by atoms with van der Waals surface area (Å²) in [6.07, 6.45) is 0. The van der Waals surface area contributed by atoms with Crippen molar-refractivity contribution in [2.24, 2.45) is 0 Å². The number of halogens is 1. The fourth-order valence-corrected chi connectivity index (χ4v) is 1.77. The summed E-state index contributed by atoms with van der Waals surface area (Å²) >= 11 is 0. The first kappa shape index (κ1) is 10.5. The Kier molecular flexibility index (Phi) is 2.16. The van der Waals surface area contributed by atoms with E-state index >= 15 is 0 Å². The SMILES string of the molecule is Nc1cc(-c2cc3cccc(F)c3o2)nc(N)n1. The molecule has 0 spiro atoms. The number of para-hydroxylation sites is 1. The minimum absolute atomic E-state index is 0.0472. The van der Waals surface area contributed by atoms with Crippen molar-refractivity contribution in [1.29, 1.82) is 0 Å². The maximum atomic E-state index is 13.5. The van der Waals surface area contributed by atoms with Gasteiger partial charge in [0, 0.05) is 11.5 Å². The summed E-state index contributed by atoms with van der Waals surface area (Å²) in [6.45, 7) is 0. The largest absolute Gasteiger partial charge is 0.451 e. The van der Waals surface area contributed by atoms with E-state index in [0.717, 1.165) is 0 Å². The molecule has 0 saturated heterocycles. The second kappa shape index (κ2) is 3.69. The van der Waals surface area contributed by atoms with Gasteiger partial charge in [-0.3, -0.25) is 0 Å². The highest BCUT2D eigenvalue weighted by atomic mass is 19.1. The minimum atomic E-state index is -0.422. The quantitative estimate of drug-likeness (QED) is 0.684. The molecule has 2 aromatic heterocycles. The Labute approximate surface area is 101 Å². The van der Waals surface area contributed by atoms with Gasteiger partial charge >= 0.3 is 0 Å². The average molecular weight is 244 g/mol. The van der Waals surface area contributed by atoms with Crippen molar-refractivity contribution in [2.45, 2.75) is 0 Å². The van der Waals surface area contributed by atoms with E-state index in [-0.39, 0.29) is 17.3 Å². The van der Waals surface area contributed by atoms with Crippen LogP contribution >= 0.6 is 0 Å². The van der Waals surface area contributed by atoms with Gasteiger partial charge in [0.05, 0.1) is 0 Å². The molecule has 18 heavy (non-hydrogen) atoms. The van der Waals surface area contributed by atoms with Gasteiger partial charge in [-0.1, -0.05) is 12.1 Å². The van der Waals surface area contributed by atoms with E-state index in [4.69, 9.17) is 15.9 Å². The Morgan fingerprint density at radius 2 is 1.94 bits per heavy atom. The number of nitrogen functional groups attached to an aromatic ring is 2. The molecular weight excluding hydrogens is 235 g/mol. The molecule has 0 aliphatic carbocycles. The van der Waals surface area contributed by atoms with Gasteiger partial charge < -0.3 is 15.9 Å². The van der Waals surface area contributed by atoms with Gasteiger partial charge in [-0.05, 0) is 12.1 Å². The summed E-state index contributed by atoms with van der Waals surface area (Å²) in [6, 6.07) is 7.89. The Morgan fingerprint density at radius 3 is 2.67 bits per heavy atom. The standard InChI is InChI=1S/C12H9FN4O/c13-7-3-1-2-6-4-9(18-11(6)7)8-5-10(14)17-12(15)16-8/h1-5H,(H4,14,15,16,17). The predicted molar refractivity (Wildman–Crippen MR) is 66.0 cm³/mol. The third-order valence-corrected chi connectivity index (χ3v) is 2.51. The monoisotopic (exact) mass is 244 g/mol. The zero-order valence-electron chi connectivity index (χ0n) is 9.22. The zero-order chi connectivity index (χ0) is 12.7. The molecule has 0 aliphatic heterocycles. The van der Waals surface area contributed by atoms with E-state index in [1.54, 1.807) is 18.2 Å². The fourth-order valence-electron chi connectivity index (χ4n) is 1.77. The molecule has 0 radical (unpaired) electrons. The number of nitrogens with two attached hydrogens (primary N) is 2. The van der Waals surface area contributed by atoms with Crippen LogP contribution in [0.25, 0.3) is 22.4 Å². The molecular formula is C12H9FN4O. The van der Waals surface area contributed by atoms with Gasteiger partial charge in [-0.25, -0.2) is 9.37 Å². The van der Waals surface area contributed by atoms with Crippen LogP contribution < -0.4 is 11.5 Å². The second-order valence-corrected chi connectivity index (χ2v) is 3.81. The van der Waals surface area contributed by atoms with Crippen molar-refractivity contribution in [1.82, 2.24) is 9.97 Å². The molecule has 6 heteroatoms. The molecule has 0 atom stereocenters. The van der Waals surface area contributed by atoms with E-state index in [0.29, 0.717) is 16.8 Å². The highest BCUT2D eigenvalue weighted by Gasteiger charge is 2.11. The van der Waals surface area contributed by atoms with E-state index in [9.17, 15) is 4.39 Å². The summed E-state index contributed by atoms with van der Waals surface area (Å²) in [5, 5.41) is 0.653. The van der Waals surface area contributed by atoms with Crippen LogP contribution in [0.5, 0.6) is 0 Å². The number of furan rings is 1. The molecule has 0 unspecified atom stereocenters. The van der Waals surface area contributed by atoms with Gasteiger partial charge in [-0.15, -0.1) is 0 Å². The first-order valence-corrected chi connectivity index (χ1v) is 5.22. The first-order valence-electron chi connectivity index (χ1n) is 5.22. The number of aromatic nitrogens is 2. The molecule has 0 aliphatic rings. The summed E-state index contributed by atoms with van der Waals surface area (Å²) in [5.74, 6) is 0.258. The fraction of sp³-hybridized carbons (Fsp3) is 0. The lowest BCUT2D eigenvalue weighted by Crippen LogP contribution is -2.00. The Morgan fingerprint density at radius 1 is 1.11 bits per heavy atom. The maximum absolute atomic E-state index is 13.5. The molecule has 0 fully saturated rings. The van der Waals surface area contributed by atoms with Crippen molar-refractivity contribution < 1.29 is 8.81 Å². The molecule has 90 valence electrons. The molecule has 0 bridgehead atoms. The van der Waals surface area contributed by atoms with E-state index in [1.165, 1.54) is 12.1 Å². The van der Waals surface area contributed by atoms with Crippen LogP contribution in [0.3, 0.4) is 0 Å². The van der Waals surface area contributed by atoms with E-state index in [1.807, 2.05) is 0 Å². The smallest absolute Gasteiger partial charge is 0.222 e. The normalized spacial score (nSPS) is 10.9. The molecule has 1 aromatic carbocycles. The first-order chi connectivity index (χ1) is 8.63. The van der Waals surface area contributed by atoms with Crippen molar-refractivity contribution >= 4 is 22.7 Å². The second-order valence-electron chi connectivity index (χ2n) is 3.81. The summed E-state index contributed by atoms with van der Waals surface area (Å²) in [7, 11) is 0. The lowest BCUT2D eigenvalue weighted by atomic mass is 10.2. The van der Waals surface area contributed by atoms with Crippen molar-refractivity contribution in [3.05, 3.63) is 36.1 Å². The van der Waals surface area contributed by atoms with Crippen LogP contribution in [0, 0.1) is 5.82 Å².